The molecule has 4 rings (SSSR count). The molecule has 1 amide bonds. The molecular formula is C16H10FN3OS. The lowest BCUT2D eigenvalue weighted by atomic mass is 10.2. The lowest BCUT2D eigenvalue weighted by Gasteiger charge is -1.97. The highest BCUT2D eigenvalue weighted by atomic mass is 32.1. The third kappa shape index (κ3) is 2.14. The molecule has 0 aliphatic rings. The number of fused-ring (bicyclic) bond motifs is 2. The van der Waals surface area contributed by atoms with E-state index in [4.69, 9.17) is 0 Å². The molecule has 0 bridgehead atoms. The fraction of sp³-hybridized carbons (Fsp3) is 0. The van der Waals surface area contributed by atoms with E-state index in [1.54, 1.807) is 18.2 Å². The van der Waals surface area contributed by atoms with E-state index in [2.05, 4.69) is 15.3 Å². The van der Waals surface area contributed by atoms with Gasteiger partial charge in [-0.15, -0.1) is 11.3 Å². The van der Waals surface area contributed by atoms with Crippen molar-refractivity contribution >= 4 is 44.3 Å². The largest absolute Gasteiger partial charge is 0.324 e. The van der Waals surface area contributed by atoms with Crippen LogP contribution in [0.15, 0.2) is 48.5 Å². The maximum atomic E-state index is 13.7. The number of rotatable bonds is 2. The van der Waals surface area contributed by atoms with E-state index in [0.29, 0.717) is 16.2 Å². The van der Waals surface area contributed by atoms with Crippen LogP contribution in [0.25, 0.3) is 21.1 Å². The molecule has 2 N–H and O–H groups in total. The average molecular weight is 311 g/mol. The van der Waals surface area contributed by atoms with Gasteiger partial charge in [0, 0.05) is 10.1 Å². The zero-order chi connectivity index (χ0) is 15.1. The van der Waals surface area contributed by atoms with Crippen LogP contribution in [0.2, 0.25) is 0 Å². The second-order valence-corrected chi connectivity index (χ2v) is 5.90. The molecule has 22 heavy (non-hydrogen) atoms. The molecule has 2 aromatic heterocycles. The third-order valence-electron chi connectivity index (χ3n) is 3.35. The molecule has 0 radical (unpaired) electrons. The average Bonchev–Trinajstić information content (AvgIpc) is 3.10. The Balaban J connectivity index is 1.66. The first-order valence-electron chi connectivity index (χ1n) is 6.65. The highest BCUT2D eigenvalue weighted by molar-refractivity contribution is 7.20. The van der Waals surface area contributed by atoms with Gasteiger partial charge in [-0.1, -0.05) is 18.2 Å². The number of anilines is 1. The SMILES string of the molecule is O=C(Nc1nc2ccccc2[nH]1)c1cc2c(F)cccc2s1. The number of aromatic nitrogens is 2. The van der Waals surface area contributed by atoms with Crippen molar-refractivity contribution < 1.29 is 9.18 Å². The molecule has 4 aromatic rings. The number of para-hydroxylation sites is 2. The second-order valence-electron chi connectivity index (χ2n) is 4.82. The molecule has 0 atom stereocenters. The van der Waals surface area contributed by atoms with Gasteiger partial charge < -0.3 is 4.98 Å². The normalized spacial score (nSPS) is 11.1. The van der Waals surface area contributed by atoms with Gasteiger partial charge in [0.2, 0.25) is 5.95 Å². The molecule has 0 fully saturated rings. The van der Waals surface area contributed by atoms with Crippen molar-refractivity contribution in [1.29, 1.82) is 0 Å². The van der Waals surface area contributed by atoms with Crippen molar-refractivity contribution in [2.24, 2.45) is 0 Å². The number of thiophene rings is 1. The summed E-state index contributed by atoms with van der Waals surface area (Å²) in [7, 11) is 0. The molecule has 2 heterocycles. The van der Waals surface area contributed by atoms with Gasteiger partial charge in [0.1, 0.15) is 5.82 Å². The van der Waals surface area contributed by atoms with Crippen molar-refractivity contribution in [3.63, 3.8) is 0 Å². The zero-order valence-electron chi connectivity index (χ0n) is 11.3. The van der Waals surface area contributed by atoms with Gasteiger partial charge in [-0.2, -0.15) is 0 Å². The fourth-order valence-electron chi connectivity index (χ4n) is 2.32. The first-order valence-corrected chi connectivity index (χ1v) is 7.46. The summed E-state index contributed by atoms with van der Waals surface area (Å²) >= 11 is 1.25. The second kappa shape index (κ2) is 4.92. The van der Waals surface area contributed by atoms with Crippen LogP contribution in [0.4, 0.5) is 10.3 Å². The van der Waals surface area contributed by atoms with E-state index in [1.807, 2.05) is 24.3 Å². The number of halogens is 1. The minimum atomic E-state index is -0.323. The molecule has 2 aromatic carbocycles. The molecule has 0 spiro atoms. The van der Waals surface area contributed by atoms with Gasteiger partial charge in [-0.05, 0) is 30.3 Å². The van der Waals surface area contributed by atoms with E-state index in [1.165, 1.54) is 17.4 Å². The first-order chi connectivity index (χ1) is 10.7. The molecular weight excluding hydrogens is 301 g/mol. The van der Waals surface area contributed by atoms with Gasteiger partial charge >= 0.3 is 0 Å². The van der Waals surface area contributed by atoms with Crippen molar-refractivity contribution in [3.05, 3.63) is 59.2 Å². The Morgan fingerprint density at radius 2 is 2.05 bits per heavy atom. The minimum Gasteiger partial charge on any atom is -0.324 e. The van der Waals surface area contributed by atoms with Crippen molar-refractivity contribution in [1.82, 2.24) is 9.97 Å². The number of aromatic amines is 1. The number of hydrogen-bond acceptors (Lipinski definition) is 3. The summed E-state index contributed by atoms with van der Waals surface area (Å²) in [6.07, 6.45) is 0. The van der Waals surface area contributed by atoms with Crippen LogP contribution in [0.5, 0.6) is 0 Å². The Morgan fingerprint density at radius 1 is 1.18 bits per heavy atom. The Kier molecular flexibility index (Phi) is 2.90. The highest BCUT2D eigenvalue weighted by Gasteiger charge is 2.14. The Hall–Kier alpha value is -2.73. The summed E-state index contributed by atoms with van der Waals surface area (Å²) in [5, 5.41) is 3.17. The number of imidazole rings is 1. The standard InChI is InChI=1S/C16H10FN3OS/c17-10-4-3-7-13-9(10)8-14(22-13)15(21)20-16-18-11-5-1-2-6-12(11)19-16/h1-8H,(H2,18,19,20,21). The Morgan fingerprint density at radius 3 is 2.86 bits per heavy atom. The van der Waals surface area contributed by atoms with Crippen LogP contribution >= 0.6 is 11.3 Å². The maximum Gasteiger partial charge on any atom is 0.268 e. The van der Waals surface area contributed by atoms with Gasteiger partial charge in [-0.3, -0.25) is 10.1 Å². The topological polar surface area (TPSA) is 57.8 Å². The van der Waals surface area contributed by atoms with E-state index in [-0.39, 0.29) is 11.7 Å². The van der Waals surface area contributed by atoms with E-state index in [9.17, 15) is 9.18 Å². The van der Waals surface area contributed by atoms with Crippen LogP contribution in [0, 0.1) is 5.82 Å². The summed E-state index contributed by atoms with van der Waals surface area (Å²) in [5.74, 6) is -0.250. The predicted molar refractivity (Wildman–Crippen MR) is 85.8 cm³/mol. The monoisotopic (exact) mass is 311 g/mol. The number of nitrogens with one attached hydrogen (secondary N) is 2. The number of nitrogens with zero attached hydrogens (tertiary/aromatic N) is 1. The fourth-order valence-corrected chi connectivity index (χ4v) is 3.29. The zero-order valence-corrected chi connectivity index (χ0v) is 12.1. The summed E-state index contributed by atoms with van der Waals surface area (Å²) in [6.45, 7) is 0. The molecule has 0 unspecified atom stereocenters. The molecule has 0 aliphatic carbocycles. The molecule has 0 saturated heterocycles. The molecule has 4 nitrogen and oxygen atoms in total. The quantitative estimate of drug-likeness (QED) is 0.584. The Labute approximate surface area is 128 Å². The lowest BCUT2D eigenvalue weighted by Crippen LogP contribution is -2.11. The summed E-state index contributed by atoms with van der Waals surface area (Å²) < 4.78 is 14.4. The Bertz CT molecular complexity index is 972. The minimum absolute atomic E-state index is 0.306. The van der Waals surface area contributed by atoms with Gasteiger partial charge in [0.25, 0.3) is 5.91 Å². The summed E-state index contributed by atoms with van der Waals surface area (Å²) in [6, 6.07) is 13.9. The highest BCUT2D eigenvalue weighted by Crippen LogP contribution is 2.28. The number of H-pyrrole nitrogens is 1. The van der Waals surface area contributed by atoms with Crippen molar-refractivity contribution in [3.8, 4) is 0 Å². The number of hydrogen-bond donors (Lipinski definition) is 2. The molecule has 0 saturated carbocycles. The third-order valence-corrected chi connectivity index (χ3v) is 4.45. The number of amides is 1. The van der Waals surface area contributed by atoms with E-state index in [0.717, 1.165) is 15.7 Å². The van der Waals surface area contributed by atoms with Crippen molar-refractivity contribution in [2.45, 2.75) is 0 Å². The predicted octanol–water partition coefficient (Wildman–Crippen LogP) is 4.17. The van der Waals surface area contributed by atoms with Gasteiger partial charge in [0.05, 0.1) is 15.9 Å². The number of carbonyl (C=O) groups excluding carboxylic acids is 1. The lowest BCUT2D eigenvalue weighted by molar-refractivity contribution is 0.103. The van der Waals surface area contributed by atoms with Crippen LogP contribution < -0.4 is 5.32 Å². The van der Waals surface area contributed by atoms with E-state index >= 15 is 0 Å². The molecule has 6 heteroatoms. The van der Waals surface area contributed by atoms with Crippen LogP contribution in [-0.4, -0.2) is 15.9 Å². The number of carbonyl (C=O) groups is 1. The summed E-state index contributed by atoms with van der Waals surface area (Å²) in [5.41, 5.74) is 1.63. The van der Waals surface area contributed by atoms with Crippen LogP contribution in [-0.2, 0) is 0 Å². The van der Waals surface area contributed by atoms with Crippen molar-refractivity contribution in [2.75, 3.05) is 5.32 Å². The summed E-state index contributed by atoms with van der Waals surface area (Å²) in [4.78, 5) is 20.1. The van der Waals surface area contributed by atoms with Crippen LogP contribution in [0.3, 0.4) is 0 Å². The first kappa shape index (κ1) is 13.0. The molecule has 108 valence electrons. The maximum absolute atomic E-state index is 13.7. The van der Waals surface area contributed by atoms with Crippen LogP contribution in [0.1, 0.15) is 9.67 Å². The number of benzene rings is 2. The van der Waals surface area contributed by atoms with Gasteiger partial charge in [0.15, 0.2) is 0 Å². The molecule has 0 aliphatic heterocycles. The van der Waals surface area contributed by atoms with E-state index < -0.39 is 0 Å². The smallest absolute Gasteiger partial charge is 0.268 e. The van der Waals surface area contributed by atoms with Gasteiger partial charge in [-0.25, -0.2) is 9.37 Å².